The number of hydrogen-bond acceptors (Lipinski definition) is 5. The smallest absolute Gasteiger partial charge is 0.430 e. The monoisotopic (exact) mass is 565 g/mol. The second-order valence-corrected chi connectivity index (χ2v) is 10.7. The van der Waals surface area contributed by atoms with Gasteiger partial charge < -0.3 is 10.2 Å². The molecular weight excluding hydrogens is 536 g/mol. The van der Waals surface area contributed by atoms with Gasteiger partial charge in [0.2, 0.25) is 5.88 Å². The van der Waals surface area contributed by atoms with Crippen molar-refractivity contribution < 1.29 is 36.6 Å². The zero-order valence-corrected chi connectivity index (χ0v) is 21.7. The number of aryl methyl sites for hydroxylation is 1. The minimum Gasteiger partial charge on any atom is -0.493 e. The normalized spacial score (nSPS) is 20.7. The van der Waals surface area contributed by atoms with Gasteiger partial charge in [-0.1, -0.05) is 42.5 Å². The summed E-state index contributed by atoms with van der Waals surface area (Å²) in [5, 5.41) is 19.3. The number of aliphatic hydroxyl groups is 1. The summed E-state index contributed by atoms with van der Waals surface area (Å²) in [5.74, 6) is 0.0161. The van der Waals surface area contributed by atoms with Gasteiger partial charge in [-0.2, -0.15) is 26.3 Å². The van der Waals surface area contributed by atoms with Gasteiger partial charge in [0, 0.05) is 56.1 Å². The molecule has 2 fully saturated rings. The van der Waals surface area contributed by atoms with E-state index in [1.807, 2.05) is 31.2 Å². The Kier molecular flexibility index (Phi) is 7.35. The third kappa shape index (κ3) is 5.29. The predicted octanol–water partition coefficient (Wildman–Crippen LogP) is 5.92. The van der Waals surface area contributed by atoms with Crippen LogP contribution in [0.3, 0.4) is 0 Å². The largest absolute Gasteiger partial charge is 0.493 e. The van der Waals surface area contributed by atoms with E-state index in [9.17, 15) is 36.6 Å². The molecule has 0 radical (unpaired) electrons. The maximum atomic E-state index is 13.2. The second-order valence-electron chi connectivity index (χ2n) is 10.7. The minimum absolute atomic E-state index is 0.0161. The average molecular weight is 566 g/mol. The van der Waals surface area contributed by atoms with Gasteiger partial charge in [0.25, 0.3) is 5.60 Å². The van der Waals surface area contributed by atoms with Crippen LogP contribution >= 0.6 is 0 Å². The van der Waals surface area contributed by atoms with Crippen LogP contribution in [0.4, 0.5) is 26.3 Å². The lowest BCUT2D eigenvalue weighted by molar-refractivity contribution is -0.376. The molecule has 2 atom stereocenters. The standard InChI is InChI=1S/C29H29F6N3O2/c1-18-12-19(14-37-16-23-7-8-24(17-37)38(23)15-20-10-11-36-26(39)13-20)2-9-25(18)21-3-5-22(6-4-21)27(40,28(30,31)32)29(33,34)35/h2-6,9-13,23-24,40H,7-8,14-17H2,1H3,(H,36,39). The molecule has 2 unspecified atom stereocenters. The SMILES string of the molecule is Cc1cc(CN2CC3CCC(C2)N3Cc2ccnc(O)c2)ccc1-c1ccc(C(O)(C(F)(F)F)C(F)(F)F)cc1. The van der Waals surface area contributed by atoms with Crippen LogP contribution in [0.1, 0.15) is 35.1 Å². The maximum absolute atomic E-state index is 13.2. The van der Waals surface area contributed by atoms with Crippen LogP contribution in [0.25, 0.3) is 11.1 Å². The molecule has 2 bridgehead atoms. The van der Waals surface area contributed by atoms with Crippen molar-refractivity contribution in [1.29, 1.82) is 0 Å². The van der Waals surface area contributed by atoms with E-state index in [0.29, 0.717) is 35.3 Å². The molecule has 5 rings (SSSR count). The average Bonchev–Trinajstić information content (AvgIpc) is 3.09. The Balaban J connectivity index is 1.27. The molecule has 2 N–H and O–H groups in total. The van der Waals surface area contributed by atoms with Crippen molar-refractivity contribution in [1.82, 2.24) is 14.8 Å². The Morgan fingerprint density at radius 3 is 1.98 bits per heavy atom. The third-order valence-electron chi connectivity index (χ3n) is 8.02. The topological polar surface area (TPSA) is 59.8 Å². The number of pyridine rings is 1. The van der Waals surface area contributed by atoms with Crippen molar-refractivity contribution in [3.05, 3.63) is 83.0 Å². The lowest BCUT2D eigenvalue weighted by Gasteiger charge is -2.41. The molecule has 2 saturated heterocycles. The fourth-order valence-electron chi connectivity index (χ4n) is 6.02. The molecule has 3 heterocycles. The van der Waals surface area contributed by atoms with Gasteiger partial charge in [0.1, 0.15) is 0 Å². The zero-order valence-electron chi connectivity index (χ0n) is 21.7. The molecule has 2 aliphatic rings. The zero-order chi connectivity index (χ0) is 28.9. The molecule has 11 heteroatoms. The summed E-state index contributed by atoms with van der Waals surface area (Å²) in [4.78, 5) is 8.74. The van der Waals surface area contributed by atoms with Gasteiger partial charge in [-0.25, -0.2) is 4.98 Å². The first-order valence-corrected chi connectivity index (χ1v) is 12.9. The second kappa shape index (κ2) is 10.4. The van der Waals surface area contributed by atoms with Crippen molar-refractivity contribution >= 4 is 0 Å². The molecule has 2 aromatic carbocycles. The quantitative estimate of drug-likeness (QED) is 0.364. The summed E-state index contributed by atoms with van der Waals surface area (Å²) in [6, 6.07) is 13.8. The highest BCUT2D eigenvalue weighted by Gasteiger charge is 2.71. The first kappa shape index (κ1) is 28.4. The number of likely N-dealkylation sites (tertiary alicyclic amines) is 1. The van der Waals surface area contributed by atoms with Crippen molar-refractivity contribution in [2.75, 3.05) is 13.1 Å². The highest BCUT2D eigenvalue weighted by atomic mass is 19.4. The number of rotatable bonds is 6. The summed E-state index contributed by atoms with van der Waals surface area (Å²) >= 11 is 0. The molecule has 3 aromatic rings. The van der Waals surface area contributed by atoms with E-state index in [1.165, 1.54) is 12.1 Å². The van der Waals surface area contributed by atoms with E-state index in [1.54, 1.807) is 12.3 Å². The molecule has 1 aromatic heterocycles. The lowest BCUT2D eigenvalue weighted by atomic mass is 9.90. The molecule has 40 heavy (non-hydrogen) atoms. The first-order valence-electron chi connectivity index (χ1n) is 12.9. The first-order chi connectivity index (χ1) is 18.8. The van der Waals surface area contributed by atoms with Gasteiger partial charge in [0.15, 0.2) is 0 Å². The van der Waals surface area contributed by atoms with Crippen LogP contribution in [-0.2, 0) is 18.7 Å². The van der Waals surface area contributed by atoms with E-state index in [4.69, 9.17) is 0 Å². The van der Waals surface area contributed by atoms with Crippen LogP contribution in [0.15, 0.2) is 60.8 Å². The Hall–Kier alpha value is -3.15. The molecule has 0 aliphatic carbocycles. The van der Waals surface area contributed by atoms with Crippen LogP contribution < -0.4 is 0 Å². The minimum atomic E-state index is -5.92. The number of hydrogen-bond donors (Lipinski definition) is 2. The molecule has 5 nitrogen and oxygen atoms in total. The number of fused-ring (bicyclic) bond motifs is 2. The number of benzene rings is 2. The van der Waals surface area contributed by atoms with Crippen molar-refractivity contribution in [2.45, 2.75) is 62.9 Å². The molecule has 214 valence electrons. The van der Waals surface area contributed by atoms with Gasteiger partial charge in [-0.05, 0) is 53.6 Å². The Labute approximate surface area is 227 Å². The van der Waals surface area contributed by atoms with E-state index in [2.05, 4.69) is 14.8 Å². The third-order valence-corrected chi connectivity index (χ3v) is 8.02. The molecule has 2 aliphatic heterocycles. The summed E-state index contributed by atoms with van der Waals surface area (Å²) < 4.78 is 79.3. The fourth-order valence-corrected chi connectivity index (χ4v) is 6.02. The van der Waals surface area contributed by atoms with E-state index < -0.39 is 23.5 Å². The predicted molar refractivity (Wildman–Crippen MR) is 136 cm³/mol. The Bertz CT molecular complexity index is 1330. The van der Waals surface area contributed by atoms with E-state index >= 15 is 0 Å². The van der Waals surface area contributed by atoms with Crippen molar-refractivity contribution in [3.8, 4) is 17.0 Å². The Morgan fingerprint density at radius 2 is 1.43 bits per heavy atom. The molecular formula is C29H29F6N3O2. The molecule has 0 saturated carbocycles. The van der Waals surface area contributed by atoms with Crippen molar-refractivity contribution in [3.63, 3.8) is 0 Å². The lowest BCUT2D eigenvalue weighted by Crippen LogP contribution is -2.53. The number of alkyl halides is 6. The van der Waals surface area contributed by atoms with E-state index in [0.717, 1.165) is 55.7 Å². The summed E-state index contributed by atoms with van der Waals surface area (Å²) in [7, 11) is 0. The summed E-state index contributed by atoms with van der Waals surface area (Å²) in [5.41, 5.74) is -2.16. The fraction of sp³-hybridized carbons (Fsp3) is 0.414. The molecule has 0 amide bonds. The van der Waals surface area contributed by atoms with Gasteiger partial charge >= 0.3 is 12.4 Å². The van der Waals surface area contributed by atoms with Crippen LogP contribution in [0, 0.1) is 6.92 Å². The number of halogens is 6. The molecule has 0 spiro atoms. The highest BCUT2D eigenvalue weighted by Crippen LogP contribution is 2.50. The summed E-state index contributed by atoms with van der Waals surface area (Å²) in [6.45, 7) is 5.13. The number of nitrogens with zero attached hydrogens (tertiary/aromatic N) is 3. The van der Waals surface area contributed by atoms with Crippen LogP contribution in [0.5, 0.6) is 5.88 Å². The van der Waals surface area contributed by atoms with Crippen LogP contribution in [-0.4, -0.2) is 62.5 Å². The highest BCUT2D eigenvalue weighted by molar-refractivity contribution is 5.68. The summed E-state index contributed by atoms with van der Waals surface area (Å²) in [6.07, 6.45) is -8.03. The Morgan fingerprint density at radius 1 is 0.825 bits per heavy atom. The van der Waals surface area contributed by atoms with E-state index in [-0.39, 0.29) is 5.88 Å². The number of piperazine rings is 1. The number of aromatic hydroxyl groups is 1. The van der Waals surface area contributed by atoms with Gasteiger partial charge in [-0.15, -0.1) is 0 Å². The van der Waals surface area contributed by atoms with Gasteiger partial charge in [-0.3, -0.25) is 9.80 Å². The van der Waals surface area contributed by atoms with Crippen molar-refractivity contribution in [2.24, 2.45) is 0 Å². The maximum Gasteiger partial charge on any atom is 0.430 e. The van der Waals surface area contributed by atoms with Gasteiger partial charge in [0.05, 0.1) is 0 Å². The number of aromatic nitrogens is 1. The van der Waals surface area contributed by atoms with Crippen LogP contribution in [0.2, 0.25) is 0 Å².